The molecular formula is C16H17NO2. The van der Waals surface area contributed by atoms with Crippen LogP contribution in [0.5, 0.6) is 5.75 Å². The van der Waals surface area contributed by atoms with Crippen molar-refractivity contribution in [2.45, 2.75) is 20.3 Å². The Hall–Kier alpha value is -2.29. The first-order chi connectivity index (χ1) is 9.13. The van der Waals surface area contributed by atoms with Gasteiger partial charge in [0.2, 0.25) is 0 Å². The van der Waals surface area contributed by atoms with Gasteiger partial charge in [0.05, 0.1) is 0 Å². The van der Waals surface area contributed by atoms with Gasteiger partial charge in [0.25, 0.3) is 5.91 Å². The van der Waals surface area contributed by atoms with Crippen molar-refractivity contribution in [3.05, 3.63) is 59.2 Å². The lowest BCUT2D eigenvalue weighted by Gasteiger charge is -2.11. The highest BCUT2D eigenvalue weighted by Crippen LogP contribution is 2.24. The number of hydrogen-bond acceptors (Lipinski definition) is 2. The summed E-state index contributed by atoms with van der Waals surface area (Å²) in [4.78, 5) is 12.3. The summed E-state index contributed by atoms with van der Waals surface area (Å²) in [6.45, 7) is 3.79. The number of carbonyl (C=O) groups is 1. The van der Waals surface area contributed by atoms with E-state index in [0.717, 1.165) is 12.0 Å². The molecule has 0 aliphatic carbocycles. The minimum atomic E-state index is -0.147. The minimum Gasteiger partial charge on any atom is -0.508 e. The molecule has 0 saturated heterocycles. The minimum absolute atomic E-state index is 0.147. The topological polar surface area (TPSA) is 49.3 Å². The fourth-order valence-corrected chi connectivity index (χ4v) is 2.00. The third kappa shape index (κ3) is 2.76. The molecule has 3 heteroatoms. The smallest absolute Gasteiger partial charge is 0.255 e. The van der Waals surface area contributed by atoms with E-state index in [2.05, 4.69) is 5.32 Å². The lowest BCUT2D eigenvalue weighted by molar-refractivity contribution is 0.102. The van der Waals surface area contributed by atoms with E-state index in [4.69, 9.17) is 0 Å². The Morgan fingerprint density at radius 1 is 1.16 bits per heavy atom. The number of benzene rings is 2. The van der Waals surface area contributed by atoms with E-state index in [-0.39, 0.29) is 11.7 Å². The van der Waals surface area contributed by atoms with Crippen LogP contribution in [0, 0.1) is 6.92 Å². The second-order valence-corrected chi connectivity index (χ2v) is 4.41. The van der Waals surface area contributed by atoms with E-state index >= 15 is 0 Å². The van der Waals surface area contributed by atoms with Gasteiger partial charge in [-0.25, -0.2) is 0 Å². The average molecular weight is 255 g/mol. The molecule has 1 amide bonds. The zero-order chi connectivity index (χ0) is 13.8. The van der Waals surface area contributed by atoms with Gasteiger partial charge in [-0.15, -0.1) is 0 Å². The van der Waals surface area contributed by atoms with Gasteiger partial charge in [0, 0.05) is 16.8 Å². The lowest BCUT2D eigenvalue weighted by atomic mass is 10.0. The van der Waals surface area contributed by atoms with Crippen molar-refractivity contribution >= 4 is 11.6 Å². The number of aromatic hydroxyl groups is 1. The molecule has 0 aliphatic heterocycles. The molecule has 0 aromatic heterocycles. The molecule has 2 N–H and O–H groups in total. The van der Waals surface area contributed by atoms with Crippen LogP contribution in [-0.4, -0.2) is 11.0 Å². The summed E-state index contributed by atoms with van der Waals surface area (Å²) in [5, 5.41) is 12.5. The van der Waals surface area contributed by atoms with Crippen molar-refractivity contribution < 1.29 is 9.90 Å². The fraction of sp³-hybridized carbons (Fsp3) is 0.188. The number of aryl methyl sites for hydroxylation is 1. The maximum atomic E-state index is 12.3. The normalized spacial score (nSPS) is 10.2. The first-order valence-electron chi connectivity index (χ1n) is 6.31. The number of nitrogens with one attached hydrogen (secondary N) is 1. The van der Waals surface area contributed by atoms with Crippen LogP contribution in [0.25, 0.3) is 0 Å². The predicted octanol–water partition coefficient (Wildman–Crippen LogP) is 3.52. The molecule has 0 spiro atoms. The van der Waals surface area contributed by atoms with Crippen molar-refractivity contribution in [2.75, 3.05) is 5.32 Å². The maximum absolute atomic E-state index is 12.3. The van der Waals surface area contributed by atoms with Gasteiger partial charge in [-0.1, -0.05) is 31.2 Å². The van der Waals surface area contributed by atoms with Crippen LogP contribution in [0.1, 0.15) is 28.4 Å². The molecule has 0 saturated carbocycles. The SMILES string of the molecule is CCc1ccccc1C(=O)Nc1cccc(O)c1C. The summed E-state index contributed by atoms with van der Waals surface area (Å²) in [6.07, 6.45) is 0.808. The Morgan fingerprint density at radius 2 is 1.89 bits per heavy atom. The fourth-order valence-electron chi connectivity index (χ4n) is 2.00. The van der Waals surface area contributed by atoms with Gasteiger partial charge in [-0.05, 0) is 37.1 Å². The number of amides is 1. The Balaban J connectivity index is 2.28. The van der Waals surface area contributed by atoms with Gasteiger partial charge < -0.3 is 10.4 Å². The Kier molecular flexibility index (Phi) is 3.85. The second-order valence-electron chi connectivity index (χ2n) is 4.41. The van der Waals surface area contributed by atoms with Gasteiger partial charge in [0.1, 0.15) is 5.75 Å². The monoisotopic (exact) mass is 255 g/mol. The standard InChI is InChI=1S/C16H17NO2/c1-3-12-7-4-5-8-13(12)16(19)17-14-9-6-10-15(18)11(14)2/h4-10,18H,3H2,1-2H3,(H,17,19). The summed E-state index contributed by atoms with van der Waals surface area (Å²) in [6, 6.07) is 12.6. The Bertz CT molecular complexity index is 605. The first-order valence-corrected chi connectivity index (χ1v) is 6.31. The third-order valence-corrected chi connectivity index (χ3v) is 3.20. The maximum Gasteiger partial charge on any atom is 0.255 e. The molecular weight excluding hydrogens is 238 g/mol. The molecule has 0 heterocycles. The molecule has 0 atom stereocenters. The van der Waals surface area contributed by atoms with Crippen molar-refractivity contribution in [3.63, 3.8) is 0 Å². The Morgan fingerprint density at radius 3 is 2.63 bits per heavy atom. The molecule has 0 fully saturated rings. The van der Waals surface area contributed by atoms with E-state index in [0.29, 0.717) is 16.8 Å². The number of phenols is 1. The number of anilines is 1. The summed E-state index contributed by atoms with van der Waals surface area (Å²) in [5.41, 5.74) is 2.99. The molecule has 19 heavy (non-hydrogen) atoms. The third-order valence-electron chi connectivity index (χ3n) is 3.20. The molecule has 0 unspecified atom stereocenters. The van der Waals surface area contributed by atoms with Crippen LogP contribution in [0.2, 0.25) is 0 Å². The van der Waals surface area contributed by atoms with Crippen molar-refractivity contribution in [1.82, 2.24) is 0 Å². The molecule has 0 bridgehead atoms. The summed E-state index contributed by atoms with van der Waals surface area (Å²) in [7, 11) is 0. The first kappa shape index (κ1) is 13.1. The van der Waals surface area contributed by atoms with Crippen LogP contribution in [0.4, 0.5) is 5.69 Å². The molecule has 3 nitrogen and oxygen atoms in total. The molecule has 2 aromatic carbocycles. The van der Waals surface area contributed by atoms with Gasteiger partial charge >= 0.3 is 0 Å². The van der Waals surface area contributed by atoms with Crippen molar-refractivity contribution in [2.24, 2.45) is 0 Å². The van der Waals surface area contributed by atoms with Crippen molar-refractivity contribution in [3.8, 4) is 5.75 Å². The van der Waals surface area contributed by atoms with Crippen LogP contribution in [-0.2, 0) is 6.42 Å². The number of phenolic OH excluding ortho intramolecular Hbond substituents is 1. The van der Waals surface area contributed by atoms with Crippen LogP contribution in [0.15, 0.2) is 42.5 Å². The zero-order valence-corrected chi connectivity index (χ0v) is 11.1. The lowest BCUT2D eigenvalue weighted by Crippen LogP contribution is -2.14. The largest absolute Gasteiger partial charge is 0.508 e. The van der Waals surface area contributed by atoms with Crippen LogP contribution >= 0.6 is 0 Å². The molecule has 2 aromatic rings. The molecule has 0 aliphatic rings. The second kappa shape index (κ2) is 5.57. The highest BCUT2D eigenvalue weighted by molar-refractivity contribution is 6.05. The average Bonchev–Trinajstić information content (AvgIpc) is 2.43. The quantitative estimate of drug-likeness (QED) is 0.881. The van der Waals surface area contributed by atoms with Crippen molar-refractivity contribution in [1.29, 1.82) is 0 Å². The van der Waals surface area contributed by atoms with E-state index in [9.17, 15) is 9.90 Å². The van der Waals surface area contributed by atoms with E-state index in [1.807, 2.05) is 31.2 Å². The summed E-state index contributed by atoms with van der Waals surface area (Å²) >= 11 is 0. The Labute approximate surface area is 112 Å². The van der Waals surface area contributed by atoms with Crippen LogP contribution in [0.3, 0.4) is 0 Å². The number of hydrogen-bond donors (Lipinski definition) is 2. The summed E-state index contributed by atoms with van der Waals surface area (Å²) < 4.78 is 0. The highest BCUT2D eigenvalue weighted by atomic mass is 16.3. The van der Waals surface area contributed by atoms with Gasteiger partial charge in [-0.3, -0.25) is 4.79 Å². The predicted molar refractivity (Wildman–Crippen MR) is 76.6 cm³/mol. The number of carbonyl (C=O) groups excluding carboxylic acids is 1. The van der Waals surface area contributed by atoms with E-state index in [1.165, 1.54) is 0 Å². The van der Waals surface area contributed by atoms with Gasteiger partial charge in [-0.2, -0.15) is 0 Å². The highest BCUT2D eigenvalue weighted by Gasteiger charge is 2.11. The van der Waals surface area contributed by atoms with Gasteiger partial charge in [0.15, 0.2) is 0 Å². The van der Waals surface area contributed by atoms with Crippen LogP contribution < -0.4 is 5.32 Å². The van der Waals surface area contributed by atoms with E-state index in [1.54, 1.807) is 25.1 Å². The number of rotatable bonds is 3. The molecule has 98 valence electrons. The molecule has 2 rings (SSSR count). The van der Waals surface area contributed by atoms with E-state index < -0.39 is 0 Å². The molecule has 0 radical (unpaired) electrons. The zero-order valence-electron chi connectivity index (χ0n) is 11.1. The summed E-state index contributed by atoms with van der Waals surface area (Å²) in [5.74, 6) is 0.0349.